The number of ketones is 1. The summed E-state index contributed by atoms with van der Waals surface area (Å²) in [6.45, 7) is 0. The topological polar surface area (TPSA) is 72.5 Å². The maximum Gasteiger partial charge on any atom is 0.307 e. The van der Waals surface area contributed by atoms with Crippen LogP contribution in [-0.2, 0) is 14.3 Å². The Morgan fingerprint density at radius 1 is 1.00 bits per heavy atom. The molecule has 1 unspecified atom stereocenters. The molecule has 0 aromatic heterocycles. The van der Waals surface area contributed by atoms with Crippen molar-refractivity contribution in [2.75, 3.05) is 7.11 Å². The van der Waals surface area contributed by atoms with E-state index >= 15 is 0 Å². The molecule has 2 rings (SSSR count). The number of carbonyl (C=O) groups excluding carboxylic acids is 3. The number of halogens is 1. The third-order valence-electron chi connectivity index (χ3n) is 3.89. The Kier molecular flexibility index (Phi) is 7.36. The molecule has 1 amide bonds. The van der Waals surface area contributed by atoms with Crippen molar-refractivity contribution in [3.63, 3.8) is 0 Å². The number of ether oxygens (including phenoxy) is 1. The van der Waals surface area contributed by atoms with E-state index in [1.54, 1.807) is 48.5 Å². The third kappa shape index (κ3) is 5.70. The molecule has 2 aromatic carbocycles. The van der Waals surface area contributed by atoms with Gasteiger partial charge < -0.3 is 10.1 Å². The summed E-state index contributed by atoms with van der Waals surface area (Å²) >= 11 is 6.18. The summed E-state index contributed by atoms with van der Waals surface area (Å²) in [6, 6.07) is 15.2. The highest BCUT2D eigenvalue weighted by Gasteiger charge is 2.21. The van der Waals surface area contributed by atoms with Gasteiger partial charge in [0.1, 0.15) is 0 Å². The van der Waals surface area contributed by atoms with Crippen LogP contribution in [0.25, 0.3) is 0 Å². The lowest BCUT2D eigenvalue weighted by Crippen LogP contribution is -2.31. The van der Waals surface area contributed by atoms with Gasteiger partial charge in [-0.2, -0.15) is 0 Å². The van der Waals surface area contributed by atoms with Crippen molar-refractivity contribution in [2.24, 2.45) is 0 Å². The molecule has 0 bridgehead atoms. The summed E-state index contributed by atoms with van der Waals surface area (Å²) in [7, 11) is 1.28. The molecule has 5 nitrogen and oxygen atoms in total. The number of hydrogen-bond acceptors (Lipinski definition) is 4. The van der Waals surface area contributed by atoms with Crippen LogP contribution in [0.3, 0.4) is 0 Å². The van der Waals surface area contributed by atoms with Gasteiger partial charge in [-0.25, -0.2) is 0 Å². The molecule has 0 saturated carbocycles. The first-order chi connectivity index (χ1) is 12.5. The highest BCUT2D eigenvalue weighted by Crippen LogP contribution is 2.25. The molecule has 0 aliphatic carbocycles. The fraction of sp³-hybridized carbons (Fsp3) is 0.250. The van der Waals surface area contributed by atoms with Gasteiger partial charge in [0.25, 0.3) is 0 Å². The molecule has 136 valence electrons. The Balaban J connectivity index is 2.01. The normalized spacial score (nSPS) is 11.5. The number of methoxy groups -OCH3 is 1. The Morgan fingerprint density at radius 3 is 2.31 bits per heavy atom. The number of nitrogens with one attached hydrogen (secondary N) is 1. The minimum absolute atomic E-state index is 0.0237. The fourth-order valence-electron chi connectivity index (χ4n) is 2.51. The van der Waals surface area contributed by atoms with Crippen LogP contribution in [-0.4, -0.2) is 24.8 Å². The van der Waals surface area contributed by atoms with Gasteiger partial charge in [-0.3, -0.25) is 14.4 Å². The summed E-state index contributed by atoms with van der Waals surface area (Å²) in [5.74, 6) is -0.901. The SMILES string of the molecule is COC(=O)CC(NC(=O)CCC(=O)c1ccccc1)c1ccccc1Cl. The lowest BCUT2D eigenvalue weighted by atomic mass is 10.0. The molecule has 6 heteroatoms. The first-order valence-electron chi connectivity index (χ1n) is 8.20. The van der Waals surface area contributed by atoms with Crippen LogP contribution in [0.15, 0.2) is 54.6 Å². The van der Waals surface area contributed by atoms with Crippen molar-refractivity contribution in [3.8, 4) is 0 Å². The van der Waals surface area contributed by atoms with Crippen LogP contribution in [0.4, 0.5) is 0 Å². The molecule has 0 fully saturated rings. The molecule has 2 aromatic rings. The largest absolute Gasteiger partial charge is 0.469 e. The van der Waals surface area contributed by atoms with Crippen molar-refractivity contribution in [3.05, 3.63) is 70.7 Å². The van der Waals surface area contributed by atoms with Gasteiger partial charge in [0.15, 0.2) is 5.78 Å². The first kappa shape index (κ1) is 19.7. The summed E-state index contributed by atoms with van der Waals surface area (Å²) in [6.07, 6.45) is 0.0672. The maximum atomic E-state index is 12.3. The van der Waals surface area contributed by atoms with Crippen LogP contribution >= 0.6 is 11.6 Å². The van der Waals surface area contributed by atoms with Gasteiger partial charge >= 0.3 is 5.97 Å². The van der Waals surface area contributed by atoms with Crippen molar-refractivity contribution in [2.45, 2.75) is 25.3 Å². The van der Waals surface area contributed by atoms with E-state index in [0.717, 1.165) is 0 Å². The van der Waals surface area contributed by atoms with Crippen molar-refractivity contribution < 1.29 is 19.1 Å². The molecule has 1 N–H and O–H groups in total. The van der Waals surface area contributed by atoms with Gasteiger partial charge in [0.2, 0.25) is 5.91 Å². The molecule has 0 aliphatic heterocycles. The van der Waals surface area contributed by atoms with Crippen LogP contribution in [0, 0.1) is 0 Å². The molecule has 0 radical (unpaired) electrons. The number of esters is 1. The van der Waals surface area contributed by atoms with Gasteiger partial charge in [-0.05, 0) is 11.6 Å². The van der Waals surface area contributed by atoms with E-state index in [1.165, 1.54) is 7.11 Å². The van der Waals surface area contributed by atoms with Crippen LogP contribution in [0.2, 0.25) is 5.02 Å². The predicted molar refractivity (Wildman–Crippen MR) is 99.0 cm³/mol. The highest BCUT2D eigenvalue weighted by molar-refractivity contribution is 6.31. The van der Waals surface area contributed by atoms with E-state index in [0.29, 0.717) is 16.1 Å². The third-order valence-corrected chi connectivity index (χ3v) is 4.23. The molecule has 26 heavy (non-hydrogen) atoms. The minimum Gasteiger partial charge on any atom is -0.469 e. The average Bonchev–Trinajstić information content (AvgIpc) is 2.66. The lowest BCUT2D eigenvalue weighted by Gasteiger charge is -2.19. The number of benzene rings is 2. The Labute approximate surface area is 157 Å². The van der Waals surface area contributed by atoms with Gasteiger partial charge in [0, 0.05) is 23.4 Å². The Hall–Kier alpha value is -2.66. The van der Waals surface area contributed by atoms with Crippen molar-refractivity contribution >= 4 is 29.3 Å². The zero-order valence-corrected chi connectivity index (χ0v) is 15.2. The lowest BCUT2D eigenvalue weighted by molar-refractivity contribution is -0.141. The van der Waals surface area contributed by atoms with Crippen molar-refractivity contribution in [1.82, 2.24) is 5.32 Å². The van der Waals surface area contributed by atoms with E-state index in [1.807, 2.05) is 6.07 Å². The number of hydrogen-bond donors (Lipinski definition) is 1. The number of amides is 1. The average molecular weight is 374 g/mol. The van der Waals surface area contributed by atoms with Gasteiger partial charge in [-0.1, -0.05) is 60.1 Å². The molecule has 1 atom stereocenters. The molecular formula is C20H20ClNO4. The Bertz CT molecular complexity index is 776. The molecule has 0 spiro atoms. The van der Waals surface area contributed by atoms with Crippen LogP contribution in [0.1, 0.15) is 41.2 Å². The Morgan fingerprint density at radius 2 is 1.65 bits per heavy atom. The number of Topliss-reactive ketones (excluding diaryl/α,β-unsaturated/α-hetero) is 1. The molecule has 0 heterocycles. The highest BCUT2D eigenvalue weighted by atomic mass is 35.5. The second-order valence-electron chi connectivity index (χ2n) is 5.71. The molecule has 0 saturated heterocycles. The molecular weight excluding hydrogens is 354 g/mol. The van der Waals surface area contributed by atoms with Gasteiger partial charge in [0.05, 0.1) is 19.6 Å². The second-order valence-corrected chi connectivity index (χ2v) is 6.12. The van der Waals surface area contributed by atoms with Crippen LogP contribution < -0.4 is 5.32 Å². The van der Waals surface area contributed by atoms with Gasteiger partial charge in [-0.15, -0.1) is 0 Å². The zero-order chi connectivity index (χ0) is 18.9. The fourth-order valence-corrected chi connectivity index (χ4v) is 2.78. The first-order valence-corrected chi connectivity index (χ1v) is 8.58. The molecule has 0 aliphatic rings. The minimum atomic E-state index is -0.615. The van der Waals surface area contributed by atoms with Crippen LogP contribution in [0.5, 0.6) is 0 Å². The number of rotatable bonds is 8. The summed E-state index contributed by atoms with van der Waals surface area (Å²) in [5.41, 5.74) is 1.19. The smallest absolute Gasteiger partial charge is 0.307 e. The maximum absolute atomic E-state index is 12.3. The van der Waals surface area contributed by atoms with E-state index in [4.69, 9.17) is 16.3 Å². The predicted octanol–water partition coefficient (Wildman–Crippen LogP) is 3.72. The van der Waals surface area contributed by atoms with E-state index in [-0.39, 0.29) is 31.0 Å². The summed E-state index contributed by atoms with van der Waals surface area (Å²) in [5, 5.41) is 3.22. The summed E-state index contributed by atoms with van der Waals surface area (Å²) in [4.78, 5) is 36.1. The van der Waals surface area contributed by atoms with Crippen molar-refractivity contribution in [1.29, 1.82) is 0 Å². The number of carbonyl (C=O) groups is 3. The zero-order valence-electron chi connectivity index (χ0n) is 14.4. The van der Waals surface area contributed by atoms with E-state index < -0.39 is 12.0 Å². The van der Waals surface area contributed by atoms with E-state index in [9.17, 15) is 14.4 Å². The second kappa shape index (κ2) is 9.73. The standard InChI is InChI=1S/C20H20ClNO4/c1-26-20(25)13-17(15-9-5-6-10-16(15)21)22-19(24)12-11-18(23)14-7-3-2-4-8-14/h2-10,17H,11-13H2,1H3,(H,22,24). The quantitative estimate of drug-likeness (QED) is 0.565. The summed E-state index contributed by atoms with van der Waals surface area (Å²) < 4.78 is 4.69. The monoisotopic (exact) mass is 373 g/mol. The van der Waals surface area contributed by atoms with E-state index in [2.05, 4.69) is 5.32 Å².